The minimum Gasteiger partial charge on any atom is -0.444 e. The minimum atomic E-state index is -0.492. The van der Waals surface area contributed by atoms with Gasteiger partial charge in [0.25, 0.3) is 0 Å². The lowest BCUT2D eigenvalue weighted by Gasteiger charge is -2.19. The Kier molecular flexibility index (Phi) is 3.93. The molecule has 0 atom stereocenters. The molecule has 0 aliphatic rings. The molecule has 0 unspecified atom stereocenters. The van der Waals surface area contributed by atoms with E-state index >= 15 is 0 Å². The van der Waals surface area contributed by atoms with Gasteiger partial charge >= 0.3 is 6.09 Å². The standard InChI is InChI=1S/C12H19N3O2/c1-8-10(13)6-5-9(15-8)7-14-11(16)17-12(2,3)4/h5-6H,7,13H2,1-4H3,(H,14,16). The number of rotatable bonds is 2. The third kappa shape index (κ3) is 4.72. The maximum Gasteiger partial charge on any atom is 0.407 e. The number of nitrogens with one attached hydrogen (secondary N) is 1. The summed E-state index contributed by atoms with van der Waals surface area (Å²) < 4.78 is 5.11. The normalized spacial score (nSPS) is 11.1. The second-order valence-electron chi connectivity index (χ2n) is 4.83. The third-order valence-corrected chi connectivity index (χ3v) is 2.00. The predicted molar refractivity (Wildman–Crippen MR) is 66.5 cm³/mol. The monoisotopic (exact) mass is 237 g/mol. The van der Waals surface area contributed by atoms with Gasteiger partial charge in [-0.1, -0.05) is 0 Å². The average molecular weight is 237 g/mol. The Hall–Kier alpha value is -1.78. The van der Waals surface area contributed by atoms with Crippen LogP contribution in [-0.2, 0) is 11.3 Å². The van der Waals surface area contributed by atoms with Crippen molar-refractivity contribution in [1.29, 1.82) is 0 Å². The first-order valence-corrected chi connectivity index (χ1v) is 5.47. The van der Waals surface area contributed by atoms with Crippen LogP contribution in [0.3, 0.4) is 0 Å². The fourth-order valence-electron chi connectivity index (χ4n) is 1.20. The van der Waals surface area contributed by atoms with Crippen molar-refractivity contribution in [1.82, 2.24) is 10.3 Å². The highest BCUT2D eigenvalue weighted by molar-refractivity contribution is 5.67. The number of pyridine rings is 1. The smallest absolute Gasteiger partial charge is 0.407 e. The lowest BCUT2D eigenvalue weighted by molar-refractivity contribution is 0.0523. The molecule has 0 spiro atoms. The molecule has 0 aliphatic heterocycles. The van der Waals surface area contributed by atoms with Gasteiger partial charge in [0.05, 0.1) is 23.6 Å². The number of hydrogen-bond donors (Lipinski definition) is 2. The average Bonchev–Trinajstić information content (AvgIpc) is 2.17. The van der Waals surface area contributed by atoms with E-state index in [1.807, 2.05) is 27.7 Å². The summed E-state index contributed by atoms with van der Waals surface area (Å²) in [6, 6.07) is 3.55. The summed E-state index contributed by atoms with van der Waals surface area (Å²) in [4.78, 5) is 15.6. The molecule has 5 nitrogen and oxygen atoms in total. The van der Waals surface area contributed by atoms with Crippen LogP contribution >= 0.6 is 0 Å². The second kappa shape index (κ2) is 5.03. The number of aromatic nitrogens is 1. The Morgan fingerprint density at radius 1 is 1.47 bits per heavy atom. The summed E-state index contributed by atoms with van der Waals surface area (Å²) in [7, 11) is 0. The molecule has 0 bridgehead atoms. The van der Waals surface area contributed by atoms with Crippen LogP contribution in [0.5, 0.6) is 0 Å². The predicted octanol–water partition coefficient (Wildman–Crippen LogP) is 2.00. The zero-order valence-electron chi connectivity index (χ0n) is 10.7. The number of hydrogen-bond acceptors (Lipinski definition) is 4. The van der Waals surface area contributed by atoms with E-state index < -0.39 is 11.7 Å². The Morgan fingerprint density at radius 3 is 2.65 bits per heavy atom. The summed E-state index contributed by atoms with van der Waals surface area (Å²) in [5.41, 5.74) is 7.32. The quantitative estimate of drug-likeness (QED) is 0.824. The van der Waals surface area contributed by atoms with Crippen molar-refractivity contribution in [2.24, 2.45) is 0 Å². The minimum absolute atomic E-state index is 0.329. The first kappa shape index (κ1) is 13.3. The van der Waals surface area contributed by atoms with Gasteiger partial charge in [0.1, 0.15) is 5.60 Å². The molecule has 1 aromatic heterocycles. The fraction of sp³-hybridized carbons (Fsp3) is 0.500. The molecule has 1 heterocycles. The van der Waals surface area contributed by atoms with Gasteiger partial charge in [-0.2, -0.15) is 0 Å². The van der Waals surface area contributed by atoms with E-state index in [-0.39, 0.29) is 0 Å². The van der Waals surface area contributed by atoms with Crippen LogP contribution in [0.2, 0.25) is 0 Å². The molecule has 0 saturated carbocycles. The van der Waals surface area contributed by atoms with Crippen LogP contribution in [0.1, 0.15) is 32.2 Å². The Morgan fingerprint density at radius 2 is 2.12 bits per heavy atom. The Balaban J connectivity index is 2.50. The number of amides is 1. The van der Waals surface area contributed by atoms with Gasteiger partial charge in [-0.15, -0.1) is 0 Å². The highest BCUT2D eigenvalue weighted by Crippen LogP contribution is 2.09. The van der Waals surface area contributed by atoms with Crippen molar-refractivity contribution in [3.8, 4) is 0 Å². The zero-order valence-corrected chi connectivity index (χ0v) is 10.7. The highest BCUT2D eigenvalue weighted by atomic mass is 16.6. The lowest BCUT2D eigenvalue weighted by Crippen LogP contribution is -2.32. The van der Waals surface area contributed by atoms with E-state index in [2.05, 4.69) is 10.3 Å². The van der Waals surface area contributed by atoms with Crippen LogP contribution < -0.4 is 11.1 Å². The van der Waals surface area contributed by atoms with Crippen LogP contribution in [0.25, 0.3) is 0 Å². The number of nitrogens with two attached hydrogens (primary N) is 1. The number of carbonyl (C=O) groups excluding carboxylic acids is 1. The fourth-order valence-corrected chi connectivity index (χ4v) is 1.20. The topological polar surface area (TPSA) is 77.2 Å². The molecule has 1 aromatic rings. The Labute approximate surface area is 101 Å². The molecule has 0 fully saturated rings. The number of anilines is 1. The SMILES string of the molecule is Cc1nc(CNC(=O)OC(C)(C)C)ccc1N. The summed E-state index contributed by atoms with van der Waals surface area (Å²) in [6.45, 7) is 7.61. The van der Waals surface area contributed by atoms with E-state index in [1.54, 1.807) is 12.1 Å². The zero-order chi connectivity index (χ0) is 13.1. The lowest BCUT2D eigenvalue weighted by atomic mass is 10.2. The van der Waals surface area contributed by atoms with Crippen molar-refractivity contribution in [2.75, 3.05) is 5.73 Å². The van der Waals surface area contributed by atoms with Crippen molar-refractivity contribution in [3.05, 3.63) is 23.5 Å². The van der Waals surface area contributed by atoms with Crippen LogP contribution in [0.4, 0.5) is 10.5 Å². The van der Waals surface area contributed by atoms with E-state index in [0.29, 0.717) is 12.2 Å². The van der Waals surface area contributed by atoms with Crippen LogP contribution in [0.15, 0.2) is 12.1 Å². The summed E-state index contributed by atoms with van der Waals surface area (Å²) >= 11 is 0. The summed E-state index contributed by atoms with van der Waals surface area (Å²) in [5, 5.41) is 2.64. The second-order valence-corrected chi connectivity index (χ2v) is 4.83. The number of carbonyl (C=O) groups is 1. The Bertz CT molecular complexity index is 411. The van der Waals surface area contributed by atoms with Gasteiger partial charge in [0.15, 0.2) is 0 Å². The largest absolute Gasteiger partial charge is 0.444 e. The van der Waals surface area contributed by atoms with Gasteiger partial charge in [-0.05, 0) is 39.8 Å². The maximum atomic E-state index is 11.4. The van der Waals surface area contributed by atoms with Gasteiger partial charge in [-0.25, -0.2) is 4.79 Å². The van der Waals surface area contributed by atoms with Crippen molar-refractivity contribution < 1.29 is 9.53 Å². The van der Waals surface area contributed by atoms with Gasteiger partial charge in [0.2, 0.25) is 0 Å². The molecular weight excluding hydrogens is 218 g/mol. The van der Waals surface area contributed by atoms with E-state index in [9.17, 15) is 4.79 Å². The number of nitrogen functional groups attached to an aromatic ring is 1. The molecule has 5 heteroatoms. The highest BCUT2D eigenvalue weighted by Gasteiger charge is 2.15. The summed E-state index contributed by atoms with van der Waals surface area (Å²) in [6.07, 6.45) is -0.450. The van der Waals surface area contributed by atoms with E-state index in [1.165, 1.54) is 0 Å². The number of nitrogens with zero attached hydrogens (tertiary/aromatic N) is 1. The number of alkyl carbamates (subject to hydrolysis) is 1. The first-order valence-electron chi connectivity index (χ1n) is 5.47. The van der Waals surface area contributed by atoms with Gasteiger partial charge in [0, 0.05) is 0 Å². The van der Waals surface area contributed by atoms with Crippen LogP contribution in [-0.4, -0.2) is 16.7 Å². The van der Waals surface area contributed by atoms with Crippen LogP contribution in [0, 0.1) is 6.92 Å². The molecular formula is C12H19N3O2. The molecule has 1 amide bonds. The van der Waals surface area contributed by atoms with Crippen molar-refractivity contribution >= 4 is 11.8 Å². The molecule has 0 radical (unpaired) electrons. The number of ether oxygens (including phenoxy) is 1. The van der Waals surface area contributed by atoms with Gasteiger partial charge in [-0.3, -0.25) is 4.98 Å². The molecule has 0 saturated heterocycles. The third-order valence-electron chi connectivity index (χ3n) is 2.00. The molecule has 17 heavy (non-hydrogen) atoms. The number of aryl methyl sites for hydroxylation is 1. The molecule has 1 rings (SSSR count). The first-order chi connectivity index (χ1) is 7.78. The van der Waals surface area contributed by atoms with Crippen molar-refractivity contribution in [2.45, 2.75) is 39.8 Å². The molecule has 94 valence electrons. The van der Waals surface area contributed by atoms with E-state index in [0.717, 1.165) is 11.4 Å². The van der Waals surface area contributed by atoms with E-state index in [4.69, 9.17) is 10.5 Å². The summed E-state index contributed by atoms with van der Waals surface area (Å²) in [5.74, 6) is 0. The molecule has 3 N–H and O–H groups in total. The van der Waals surface area contributed by atoms with Gasteiger partial charge < -0.3 is 15.8 Å². The molecule has 0 aromatic carbocycles. The maximum absolute atomic E-state index is 11.4. The van der Waals surface area contributed by atoms with Crippen molar-refractivity contribution in [3.63, 3.8) is 0 Å². The molecule has 0 aliphatic carbocycles.